The lowest BCUT2D eigenvalue weighted by Gasteiger charge is -2.30. The van der Waals surface area contributed by atoms with E-state index >= 15 is 0 Å². The molecule has 129 heavy (non-hydrogen) atoms. The summed E-state index contributed by atoms with van der Waals surface area (Å²) in [5.41, 5.74) is 16.5. The number of aliphatic carboxylic acids is 4. The van der Waals surface area contributed by atoms with E-state index in [1.807, 2.05) is 141 Å². The Hall–Kier alpha value is -13.6. The third-order valence-electron chi connectivity index (χ3n) is 27.3. The Balaban J connectivity index is 0.000000121. The van der Waals surface area contributed by atoms with Crippen molar-refractivity contribution < 1.29 is 66.7 Å². The number of anilines is 1. The molecule has 4 aliphatic carbocycles. The van der Waals surface area contributed by atoms with E-state index in [0.717, 1.165) is 248 Å². The van der Waals surface area contributed by atoms with Crippen LogP contribution in [0.25, 0.3) is 87.2 Å². The van der Waals surface area contributed by atoms with E-state index in [1.54, 1.807) is 50.1 Å². The van der Waals surface area contributed by atoms with Crippen molar-refractivity contribution in [2.45, 2.75) is 199 Å². The third-order valence-corrected chi connectivity index (χ3v) is 27.3. The molecule has 4 fully saturated rings. The number of carboxylic acid groups (broad SMARTS) is 4. The molecule has 0 bridgehead atoms. The molecular weight excluding hydrogens is 1640 g/mol. The van der Waals surface area contributed by atoms with E-state index < -0.39 is 23.9 Å². The van der Waals surface area contributed by atoms with E-state index in [-0.39, 0.29) is 85.0 Å². The number of fused-ring (bicyclic) bond motifs is 8. The summed E-state index contributed by atoms with van der Waals surface area (Å²) in [6.45, 7) is 7.29. The molecule has 4 saturated carbocycles. The second-order valence-corrected chi connectivity index (χ2v) is 35.3. The molecule has 20 rings (SSSR count). The zero-order valence-electron chi connectivity index (χ0n) is 72.6. The van der Waals surface area contributed by atoms with Gasteiger partial charge in [0.1, 0.15) is 67.1 Å². The first-order valence-electron chi connectivity index (χ1n) is 44.8. The number of rotatable bonds is 20. The average molecular weight is 1740 g/mol. The van der Waals surface area contributed by atoms with Crippen LogP contribution in [0.3, 0.4) is 0 Å². The number of halogens is 4. The Bertz CT molecular complexity index is 6460. The monoisotopic (exact) mass is 1740 g/mol. The van der Waals surface area contributed by atoms with Gasteiger partial charge in [0.2, 0.25) is 5.88 Å². The lowest BCUT2D eigenvalue weighted by molar-refractivity contribution is -0.138. The molecule has 8 aromatic carbocycles. The molecule has 0 atom stereocenters. The summed E-state index contributed by atoms with van der Waals surface area (Å²) < 4.78 is 69.6. The first kappa shape index (κ1) is 87.5. The highest BCUT2D eigenvalue weighted by Crippen LogP contribution is 2.47. The number of para-hydroxylation sites is 4. The van der Waals surface area contributed by atoms with Crippen molar-refractivity contribution >= 4 is 123 Å². The van der Waals surface area contributed by atoms with Crippen LogP contribution in [0.4, 0.5) is 23.4 Å². The summed E-state index contributed by atoms with van der Waals surface area (Å²) in [6, 6.07) is 67.0. The first-order chi connectivity index (χ1) is 62.4. The molecule has 660 valence electrons. The molecule has 8 aromatic heterocycles. The number of carboxylic acids is 4. The SMILES string of the molecule is Cc1c(C2CCC(C(=O)c3ccc4ccccc4n3)CC2)c2cc(F)ccc2n1CC(=O)O.Cc1c(C2CCC(Cc3ccc4ccccc4n3)CC2)c2cc(F)ccc2n1CC(=O)O.Cc1c(C2CCC(Nc3ccc4ccccc4n3)CC2)c2cc(F)ccc2n1CC(=O)O.Cc1c(C2CCC(Oc3ccc4ccccc4n3)CC2)c2cc(F)ccc2n1CC(=O)O. The molecule has 0 spiro atoms. The van der Waals surface area contributed by atoms with Gasteiger partial charge in [-0.15, -0.1) is 0 Å². The molecule has 5 N–H and O–H groups in total. The van der Waals surface area contributed by atoms with Crippen molar-refractivity contribution in [3.05, 3.63) is 298 Å². The molecule has 0 amide bonds. The van der Waals surface area contributed by atoms with Crippen molar-refractivity contribution in [2.24, 2.45) is 11.8 Å². The van der Waals surface area contributed by atoms with Crippen molar-refractivity contribution in [2.75, 3.05) is 5.32 Å². The molecule has 8 heterocycles. The largest absolute Gasteiger partial charge is 0.480 e. The summed E-state index contributed by atoms with van der Waals surface area (Å²) in [7, 11) is 0. The number of pyridine rings is 4. The minimum Gasteiger partial charge on any atom is -0.480 e. The van der Waals surface area contributed by atoms with Gasteiger partial charge in [0, 0.05) is 112 Å². The van der Waals surface area contributed by atoms with Crippen molar-refractivity contribution in [3.63, 3.8) is 0 Å². The number of carbonyl (C=O) groups excluding carboxylic acids is 1. The fraction of sp³-hybridized carbons (Fsp3) is 0.311. The molecule has 0 saturated heterocycles. The summed E-state index contributed by atoms with van der Waals surface area (Å²) in [5, 5.41) is 48.7. The standard InChI is InChI=1S/C27H25FN2O3.C27H27FN2O2.C26H26FN3O2.C26H25FN2O3/c1-16-26(21-14-20(28)11-13-24(21)30(16)15-25(31)32)18-6-8-19(9-7-18)27(33)23-12-10-17-4-2-3-5-22(17)29-23;1-17-27(23-15-21(28)11-13-25(23)30(17)16-26(31)32)20-8-6-18(7-9-20)14-22-12-10-19-4-2-3-5-24(19)29-22;1-16-26(21-14-19(27)9-12-23(21)30(16)15-25(31)32)18-6-10-20(11-7-18)28-24-13-8-17-4-2-3-5-22(17)29-24;1-16-26(21-14-19(27)9-12-23(21)29(16)15-25(30)31)18-6-10-20(11-7-18)32-24-13-8-17-4-2-3-5-22(17)28-24/h2-5,10-14,18-19H,6-9,15H2,1H3,(H,31,32);2-5,10-13,15,18,20H,6-9,14,16H2,1H3,(H,31,32);2-5,8-9,12-14,18,20H,6-7,10-11,15H2,1H3,(H,28,29)(H,31,32);2-5,8-9,12-14,18,20H,6-7,10-11,15H2,1H3,(H,30,31). The smallest absolute Gasteiger partial charge is 0.323 e. The molecule has 4 aliphatic rings. The number of carbonyl (C=O) groups is 5. The highest BCUT2D eigenvalue weighted by atomic mass is 19.1. The number of hydrogen-bond acceptors (Lipinski definition) is 11. The third kappa shape index (κ3) is 19.2. The van der Waals surface area contributed by atoms with E-state index in [9.17, 15) is 62.0 Å². The van der Waals surface area contributed by atoms with Crippen LogP contribution in [-0.2, 0) is 51.8 Å². The van der Waals surface area contributed by atoms with Crippen LogP contribution >= 0.6 is 0 Å². The van der Waals surface area contributed by atoms with Crippen LogP contribution in [0.2, 0.25) is 0 Å². The highest BCUT2D eigenvalue weighted by Gasteiger charge is 2.35. The van der Waals surface area contributed by atoms with Gasteiger partial charge in [-0.25, -0.2) is 32.5 Å². The summed E-state index contributed by atoms with van der Waals surface area (Å²) in [4.78, 5) is 77.6. The van der Waals surface area contributed by atoms with Crippen LogP contribution in [0.15, 0.2) is 218 Å². The average Bonchev–Trinajstić information content (AvgIpc) is 1.62. The van der Waals surface area contributed by atoms with Gasteiger partial charge in [-0.05, 0) is 316 Å². The number of nitrogens with one attached hydrogen (secondary N) is 1. The number of aromatic nitrogens is 8. The lowest BCUT2D eigenvalue weighted by Crippen LogP contribution is -2.26. The Morgan fingerprint density at radius 1 is 0.357 bits per heavy atom. The van der Waals surface area contributed by atoms with Crippen LogP contribution in [0.1, 0.15) is 188 Å². The lowest BCUT2D eigenvalue weighted by atomic mass is 9.76. The van der Waals surface area contributed by atoms with Crippen molar-refractivity contribution in [1.82, 2.24) is 38.2 Å². The molecular formula is C106H103F4N9O10. The van der Waals surface area contributed by atoms with Gasteiger partial charge in [0.25, 0.3) is 0 Å². The number of nitrogens with zero attached hydrogens (tertiary/aromatic N) is 8. The van der Waals surface area contributed by atoms with Gasteiger partial charge < -0.3 is 48.7 Å². The normalized spacial score (nSPS) is 18.8. The van der Waals surface area contributed by atoms with Crippen molar-refractivity contribution in [1.29, 1.82) is 0 Å². The van der Waals surface area contributed by atoms with Gasteiger partial charge in [0.05, 0.1) is 22.1 Å². The molecule has 19 nitrogen and oxygen atoms in total. The second kappa shape index (κ2) is 38.2. The summed E-state index contributed by atoms with van der Waals surface area (Å²) >= 11 is 0. The zero-order valence-corrected chi connectivity index (χ0v) is 72.6. The van der Waals surface area contributed by atoms with Crippen LogP contribution in [-0.4, -0.2) is 100 Å². The zero-order chi connectivity index (χ0) is 89.8. The van der Waals surface area contributed by atoms with Gasteiger partial charge in [-0.2, -0.15) is 0 Å². The van der Waals surface area contributed by atoms with Gasteiger partial charge in [-0.3, -0.25) is 29.0 Å². The van der Waals surface area contributed by atoms with E-state index in [0.29, 0.717) is 29.5 Å². The minimum atomic E-state index is -0.928. The summed E-state index contributed by atoms with van der Waals surface area (Å²) in [6.07, 6.45) is 15.8. The highest BCUT2D eigenvalue weighted by molar-refractivity contribution is 5.99. The predicted molar refractivity (Wildman–Crippen MR) is 496 cm³/mol. The van der Waals surface area contributed by atoms with Gasteiger partial charge in [0.15, 0.2) is 5.78 Å². The fourth-order valence-corrected chi connectivity index (χ4v) is 21.2. The number of Topliss-reactive ketones (excluding diaryl/α,β-unsaturated/α-hetero) is 1. The molecule has 23 heteroatoms. The van der Waals surface area contributed by atoms with E-state index in [4.69, 9.17) is 14.7 Å². The molecule has 0 unspecified atom stereocenters. The van der Waals surface area contributed by atoms with Gasteiger partial charge >= 0.3 is 23.9 Å². The number of ketones is 1. The van der Waals surface area contributed by atoms with Crippen LogP contribution in [0, 0.1) is 62.8 Å². The molecule has 16 aromatic rings. The maximum Gasteiger partial charge on any atom is 0.323 e. The quantitative estimate of drug-likeness (QED) is 0.0351. The fourth-order valence-electron chi connectivity index (χ4n) is 21.2. The maximum atomic E-state index is 14.1. The van der Waals surface area contributed by atoms with Gasteiger partial charge in [-0.1, -0.05) is 84.9 Å². The number of hydrogen-bond donors (Lipinski definition) is 5. The van der Waals surface area contributed by atoms with Crippen molar-refractivity contribution in [3.8, 4) is 5.88 Å². The Morgan fingerprint density at radius 3 is 1.09 bits per heavy atom. The minimum absolute atomic E-state index is 0.0790. The van der Waals surface area contributed by atoms with Crippen LogP contribution < -0.4 is 10.1 Å². The number of ether oxygens (including phenoxy) is 1. The Morgan fingerprint density at radius 2 is 0.690 bits per heavy atom. The predicted octanol–water partition coefficient (Wildman–Crippen LogP) is 23.8. The summed E-state index contributed by atoms with van der Waals surface area (Å²) in [5.74, 6) is -1.65. The first-order valence-corrected chi connectivity index (χ1v) is 44.8. The van der Waals surface area contributed by atoms with Crippen LogP contribution in [0.5, 0.6) is 5.88 Å². The Labute approximate surface area is 743 Å². The van der Waals surface area contributed by atoms with E-state index in [1.165, 1.54) is 41.8 Å². The molecule has 0 aliphatic heterocycles. The topological polar surface area (TPSA) is 259 Å². The maximum absolute atomic E-state index is 14.1. The van der Waals surface area contributed by atoms with E-state index in [2.05, 4.69) is 51.7 Å². The number of benzene rings is 8. The second-order valence-electron chi connectivity index (χ2n) is 35.3. The molecule has 0 radical (unpaired) electrons. The Kier molecular flexibility index (Phi) is 25.9.